The molecule has 0 aromatic carbocycles. The van der Waals surface area contributed by atoms with Gasteiger partial charge in [-0.3, -0.25) is 9.97 Å². The molecule has 2 N–H and O–H groups in total. The monoisotopic (exact) mass is 359 g/mol. The van der Waals surface area contributed by atoms with Gasteiger partial charge in [-0.25, -0.2) is 4.98 Å². The van der Waals surface area contributed by atoms with Crippen LogP contribution in [0, 0.1) is 0 Å². The topological polar surface area (TPSA) is 62.7 Å². The van der Waals surface area contributed by atoms with Crippen LogP contribution in [0.15, 0.2) is 42.7 Å². The highest BCUT2D eigenvalue weighted by atomic mass is 19.4. The Morgan fingerprint density at radius 1 is 1.08 bits per heavy atom. The normalized spacial score (nSPS) is 17.6. The van der Waals surface area contributed by atoms with Crippen LogP contribution in [0.4, 0.5) is 18.9 Å². The molecule has 0 amide bonds. The van der Waals surface area contributed by atoms with Gasteiger partial charge >= 0.3 is 6.18 Å². The Kier molecular flexibility index (Phi) is 4.20. The summed E-state index contributed by atoms with van der Waals surface area (Å²) in [6, 6.07) is 8.08. The first-order chi connectivity index (χ1) is 12.5. The number of aromatic nitrogens is 3. The number of fused-ring (bicyclic) bond motifs is 1. The lowest BCUT2D eigenvalue weighted by Crippen LogP contribution is -2.22. The van der Waals surface area contributed by atoms with Crippen molar-refractivity contribution in [2.24, 2.45) is 0 Å². The quantitative estimate of drug-likeness (QED) is 0.750. The lowest BCUT2D eigenvalue weighted by atomic mass is 10.1. The summed E-state index contributed by atoms with van der Waals surface area (Å²) in [6.07, 6.45) is -0.520. The molecule has 0 unspecified atom stereocenters. The zero-order valence-corrected chi connectivity index (χ0v) is 13.7. The molecule has 4 heterocycles. The second-order valence-electron chi connectivity index (χ2n) is 6.19. The number of halogens is 3. The molecule has 1 fully saturated rings. The summed E-state index contributed by atoms with van der Waals surface area (Å²) in [7, 11) is 0. The van der Waals surface area contributed by atoms with E-state index >= 15 is 0 Å². The molecule has 26 heavy (non-hydrogen) atoms. The van der Waals surface area contributed by atoms with Crippen LogP contribution in [0.1, 0.15) is 12.1 Å². The Morgan fingerprint density at radius 2 is 1.96 bits per heavy atom. The number of hydrogen-bond donors (Lipinski definition) is 2. The summed E-state index contributed by atoms with van der Waals surface area (Å²) in [6.45, 7) is 1.85. The van der Waals surface area contributed by atoms with Crippen molar-refractivity contribution in [2.75, 3.05) is 18.4 Å². The molecular weight excluding hydrogens is 343 g/mol. The van der Waals surface area contributed by atoms with E-state index in [4.69, 9.17) is 0 Å². The molecule has 5 nitrogen and oxygen atoms in total. The summed E-state index contributed by atoms with van der Waals surface area (Å²) in [4.78, 5) is 12.4. The lowest BCUT2D eigenvalue weighted by Gasteiger charge is -2.14. The first-order valence-electron chi connectivity index (χ1n) is 8.27. The molecule has 0 spiro atoms. The van der Waals surface area contributed by atoms with Crippen LogP contribution in [0.25, 0.3) is 22.3 Å². The van der Waals surface area contributed by atoms with E-state index in [2.05, 4.69) is 25.6 Å². The fourth-order valence-electron chi connectivity index (χ4n) is 3.01. The average molecular weight is 359 g/mol. The molecule has 3 aromatic rings. The van der Waals surface area contributed by atoms with E-state index in [-0.39, 0.29) is 0 Å². The Morgan fingerprint density at radius 3 is 2.65 bits per heavy atom. The first kappa shape index (κ1) is 16.7. The van der Waals surface area contributed by atoms with Crippen molar-refractivity contribution >= 4 is 16.7 Å². The van der Waals surface area contributed by atoms with Crippen molar-refractivity contribution in [1.29, 1.82) is 0 Å². The Balaban J connectivity index is 1.70. The fourth-order valence-corrected chi connectivity index (χ4v) is 3.01. The van der Waals surface area contributed by atoms with Crippen LogP contribution in [0.3, 0.4) is 0 Å². The minimum Gasteiger partial charge on any atom is -0.379 e. The summed E-state index contributed by atoms with van der Waals surface area (Å²) >= 11 is 0. The number of hydrogen-bond acceptors (Lipinski definition) is 5. The van der Waals surface area contributed by atoms with E-state index in [1.807, 2.05) is 12.1 Å². The Hall–Kier alpha value is -2.74. The zero-order chi connectivity index (χ0) is 18.1. The molecule has 0 radical (unpaired) electrons. The lowest BCUT2D eigenvalue weighted by molar-refractivity contribution is -0.141. The summed E-state index contributed by atoms with van der Waals surface area (Å²) in [5.41, 5.74) is 2.45. The average Bonchev–Trinajstić information content (AvgIpc) is 3.14. The van der Waals surface area contributed by atoms with Gasteiger partial charge in [0.2, 0.25) is 0 Å². The molecule has 1 aliphatic heterocycles. The van der Waals surface area contributed by atoms with E-state index in [0.717, 1.165) is 36.8 Å². The molecule has 3 aromatic heterocycles. The number of rotatable bonds is 3. The van der Waals surface area contributed by atoms with Gasteiger partial charge in [0.25, 0.3) is 0 Å². The van der Waals surface area contributed by atoms with Gasteiger partial charge < -0.3 is 10.6 Å². The molecule has 134 valence electrons. The summed E-state index contributed by atoms with van der Waals surface area (Å²) < 4.78 is 38.0. The fraction of sp³-hybridized carbons (Fsp3) is 0.278. The maximum absolute atomic E-state index is 12.7. The molecule has 1 atom stereocenters. The zero-order valence-electron chi connectivity index (χ0n) is 13.7. The van der Waals surface area contributed by atoms with Gasteiger partial charge in [0.05, 0.1) is 16.9 Å². The van der Waals surface area contributed by atoms with E-state index in [9.17, 15) is 13.2 Å². The molecule has 1 saturated heterocycles. The third-order valence-corrected chi connectivity index (χ3v) is 4.35. The maximum Gasteiger partial charge on any atom is 0.433 e. The minimum atomic E-state index is -4.45. The van der Waals surface area contributed by atoms with Crippen LogP contribution in [-0.4, -0.2) is 34.1 Å². The molecule has 0 bridgehead atoms. The molecular formula is C18H16F3N5. The second-order valence-corrected chi connectivity index (χ2v) is 6.19. The van der Waals surface area contributed by atoms with Gasteiger partial charge in [-0.15, -0.1) is 0 Å². The standard InChI is InChI=1S/C18H16F3N5/c19-18(20,21)16-4-1-11(9-24-16)13-2-3-14-17(26-13)15(6-8-23-14)25-12-5-7-22-10-12/h1-4,6,8-9,12,22H,5,7,10H2,(H,23,25)/t12-/m0/s1. The first-order valence-corrected chi connectivity index (χ1v) is 8.27. The predicted molar refractivity (Wildman–Crippen MR) is 92.7 cm³/mol. The minimum absolute atomic E-state index is 0.318. The second kappa shape index (κ2) is 6.53. The maximum atomic E-state index is 12.7. The van der Waals surface area contributed by atoms with E-state index in [1.54, 1.807) is 12.3 Å². The van der Waals surface area contributed by atoms with Crippen LogP contribution >= 0.6 is 0 Å². The third kappa shape index (κ3) is 3.32. The highest BCUT2D eigenvalue weighted by Gasteiger charge is 2.32. The molecule has 4 rings (SSSR count). The number of anilines is 1. The molecule has 1 aliphatic rings. The van der Waals surface area contributed by atoms with Crippen LogP contribution < -0.4 is 10.6 Å². The number of nitrogens with one attached hydrogen (secondary N) is 2. The summed E-state index contributed by atoms with van der Waals surface area (Å²) in [5, 5.41) is 6.76. The number of pyridine rings is 3. The van der Waals surface area contributed by atoms with Gasteiger partial charge in [0, 0.05) is 30.5 Å². The van der Waals surface area contributed by atoms with Crippen molar-refractivity contribution in [3.05, 3.63) is 48.4 Å². The van der Waals surface area contributed by atoms with Crippen molar-refractivity contribution in [1.82, 2.24) is 20.3 Å². The number of nitrogens with zero attached hydrogens (tertiary/aromatic N) is 3. The van der Waals surface area contributed by atoms with Crippen LogP contribution in [0.2, 0.25) is 0 Å². The molecule has 0 saturated carbocycles. The van der Waals surface area contributed by atoms with Crippen molar-refractivity contribution in [3.8, 4) is 11.3 Å². The van der Waals surface area contributed by atoms with E-state index in [0.29, 0.717) is 22.8 Å². The van der Waals surface area contributed by atoms with E-state index < -0.39 is 11.9 Å². The summed E-state index contributed by atoms with van der Waals surface area (Å²) in [5.74, 6) is 0. The highest BCUT2D eigenvalue weighted by molar-refractivity contribution is 5.89. The smallest absolute Gasteiger partial charge is 0.379 e. The van der Waals surface area contributed by atoms with Gasteiger partial charge in [-0.2, -0.15) is 13.2 Å². The van der Waals surface area contributed by atoms with Crippen LogP contribution in [-0.2, 0) is 6.18 Å². The van der Waals surface area contributed by atoms with Crippen molar-refractivity contribution in [2.45, 2.75) is 18.6 Å². The molecule has 0 aliphatic carbocycles. The van der Waals surface area contributed by atoms with Gasteiger partial charge in [0.15, 0.2) is 0 Å². The Bertz CT molecular complexity index is 918. The highest BCUT2D eigenvalue weighted by Crippen LogP contribution is 2.29. The third-order valence-electron chi connectivity index (χ3n) is 4.35. The van der Waals surface area contributed by atoms with Crippen molar-refractivity contribution < 1.29 is 13.2 Å². The number of alkyl halides is 3. The predicted octanol–water partition coefficient (Wildman–Crippen LogP) is 3.48. The van der Waals surface area contributed by atoms with Crippen molar-refractivity contribution in [3.63, 3.8) is 0 Å². The molecule has 8 heteroatoms. The van der Waals surface area contributed by atoms with Crippen LogP contribution in [0.5, 0.6) is 0 Å². The van der Waals surface area contributed by atoms with Gasteiger partial charge in [-0.1, -0.05) is 0 Å². The van der Waals surface area contributed by atoms with Gasteiger partial charge in [0.1, 0.15) is 11.2 Å². The largest absolute Gasteiger partial charge is 0.433 e. The van der Waals surface area contributed by atoms with E-state index in [1.165, 1.54) is 12.3 Å². The van der Waals surface area contributed by atoms with Gasteiger partial charge in [-0.05, 0) is 43.3 Å². The SMILES string of the molecule is FC(F)(F)c1ccc(-c2ccc3nccc(N[C@H]4CCNC4)c3n2)cn1. The Labute approximate surface area is 147 Å².